The lowest BCUT2D eigenvalue weighted by atomic mass is 10.1. The third-order valence-corrected chi connectivity index (χ3v) is 24.8. The van der Waals surface area contributed by atoms with Crippen LogP contribution in [0, 0.1) is 0 Å². The quantitative estimate of drug-likeness (QED) is 0.142. The van der Waals surface area contributed by atoms with Crippen LogP contribution in [-0.2, 0) is 22.8 Å². The number of hydrogen-bond acceptors (Lipinski definition) is 11. The average molecular weight is 762 g/mol. The lowest BCUT2D eigenvalue weighted by Crippen LogP contribution is -2.54. The summed E-state index contributed by atoms with van der Waals surface area (Å²) < 4.78 is 37.2. The van der Waals surface area contributed by atoms with Crippen LogP contribution in [0.25, 0.3) is 17.1 Å². The molecular weight excluding hydrogens is 699 g/mol. The molecule has 3 aromatic heterocycles. The van der Waals surface area contributed by atoms with E-state index in [0.717, 1.165) is 0 Å². The molecule has 4 heterocycles. The summed E-state index contributed by atoms with van der Waals surface area (Å²) >= 11 is 0. The maximum absolute atomic E-state index is 12.4. The van der Waals surface area contributed by atoms with Crippen molar-refractivity contribution in [1.29, 1.82) is 0 Å². The van der Waals surface area contributed by atoms with Gasteiger partial charge < -0.3 is 28.1 Å². The number of nitrogens with zero attached hydrogens (tertiary/aromatic N) is 6. The van der Waals surface area contributed by atoms with Gasteiger partial charge in [0.25, 0.3) is 5.95 Å². The molecule has 4 atom stereocenters. The molecule has 1 saturated heterocycles. The minimum Gasteiger partial charge on any atom is -0.462 e. The molecule has 0 spiro atoms. The van der Waals surface area contributed by atoms with Gasteiger partial charge in [0, 0.05) is 13.2 Å². The Labute approximate surface area is 307 Å². The van der Waals surface area contributed by atoms with Crippen LogP contribution < -0.4 is 5.32 Å². The molecule has 1 unspecified atom stereocenters. The lowest BCUT2D eigenvalue weighted by molar-refractivity contribution is -0.0470. The van der Waals surface area contributed by atoms with Crippen molar-refractivity contribution in [2.24, 2.45) is 0 Å². The van der Waals surface area contributed by atoms with Crippen molar-refractivity contribution < 1.29 is 27.5 Å². The molecule has 0 aliphatic carbocycles. The lowest BCUT2D eigenvalue weighted by Gasteiger charge is -2.44. The van der Waals surface area contributed by atoms with E-state index in [1.807, 2.05) is 4.57 Å². The van der Waals surface area contributed by atoms with Crippen LogP contribution in [0.2, 0.25) is 54.4 Å². The van der Waals surface area contributed by atoms with Gasteiger partial charge in [0.05, 0.1) is 31.3 Å². The number of aromatic nitrogens is 6. The van der Waals surface area contributed by atoms with E-state index in [9.17, 15) is 4.79 Å². The van der Waals surface area contributed by atoms with E-state index in [4.69, 9.17) is 37.7 Å². The monoisotopic (exact) mass is 761 g/mol. The van der Waals surface area contributed by atoms with Crippen molar-refractivity contribution in [3.05, 3.63) is 24.3 Å². The number of anilines is 1. The van der Waals surface area contributed by atoms with Gasteiger partial charge >= 0.3 is 5.97 Å². The number of nitrogens with one attached hydrogen (secondary N) is 1. The zero-order valence-corrected chi connectivity index (χ0v) is 37.1. The van der Waals surface area contributed by atoms with Crippen LogP contribution in [0.15, 0.2) is 18.7 Å². The Morgan fingerprint density at radius 3 is 1.98 bits per heavy atom. The minimum absolute atomic E-state index is 0.0227. The molecule has 4 rings (SSSR count). The topological polar surface area (TPSA) is 137 Å². The maximum Gasteiger partial charge on any atom is 0.341 e. The predicted molar refractivity (Wildman–Crippen MR) is 209 cm³/mol. The molecule has 0 amide bonds. The Morgan fingerprint density at radius 1 is 0.882 bits per heavy atom. The van der Waals surface area contributed by atoms with Crippen molar-refractivity contribution >= 4 is 47.9 Å². The number of imidazole rings is 1. The molecule has 1 aliphatic heterocycles. The molecule has 1 fully saturated rings. The van der Waals surface area contributed by atoms with Gasteiger partial charge in [-0.05, 0) is 61.3 Å². The normalized spacial score (nSPS) is 21.0. The predicted octanol–water partition coefficient (Wildman–Crippen LogP) is 7.93. The standard InChI is InChI=1S/C35H63N7O6Si3/c1-18-44-31(43)23-19-38-42(20-23)32-39-28(36-11)25-29(40-32)41(22-37-25)30-27(48-51(16,17)35(8,9)10)26(47-50(14,15)34(5,6)7)24(46-30)21-45-49(12,13)33(2,3)4/h19-20,22,24,26-27,30H,18,21H2,1-17H3,(H,36,39,40)/t24-,26-,27?,30-/m1/s1. The molecule has 0 aromatic carbocycles. The van der Waals surface area contributed by atoms with E-state index >= 15 is 0 Å². The largest absolute Gasteiger partial charge is 0.462 e. The van der Waals surface area contributed by atoms with E-state index in [1.54, 1.807) is 26.5 Å². The fourth-order valence-electron chi connectivity index (χ4n) is 4.99. The number of fused-ring (bicyclic) bond motifs is 1. The van der Waals surface area contributed by atoms with E-state index in [2.05, 4.69) is 112 Å². The van der Waals surface area contributed by atoms with Crippen LogP contribution in [0.3, 0.4) is 0 Å². The van der Waals surface area contributed by atoms with Crippen LogP contribution in [0.1, 0.15) is 85.8 Å². The summed E-state index contributed by atoms with van der Waals surface area (Å²) in [5, 5.41) is 7.45. The highest BCUT2D eigenvalue weighted by atomic mass is 28.4. The Balaban J connectivity index is 1.90. The van der Waals surface area contributed by atoms with Crippen LogP contribution in [0.4, 0.5) is 5.82 Å². The molecule has 16 heteroatoms. The highest BCUT2D eigenvalue weighted by molar-refractivity contribution is 6.75. The summed E-state index contributed by atoms with van der Waals surface area (Å²) in [7, 11) is -5.08. The van der Waals surface area contributed by atoms with Gasteiger partial charge in [0.1, 0.15) is 18.3 Å². The Bertz CT molecular complexity index is 1690. The molecule has 3 aromatic rings. The zero-order valence-electron chi connectivity index (χ0n) is 34.1. The first-order valence-electron chi connectivity index (χ1n) is 18.0. The van der Waals surface area contributed by atoms with Crippen LogP contribution in [-0.4, -0.2) is 98.8 Å². The van der Waals surface area contributed by atoms with Gasteiger partial charge in [-0.3, -0.25) is 4.57 Å². The zero-order chi connectivity index (χ0) is 38.5. The number of hydrogen-bond donors (Lipinski definition) is 1. The van der Waals surface area contributed by atoms with E-state index < -0.39 is 55.5 Å². The van der Waals surface area contributed by atoms with Gasteiger partial charge in [0.15, 0.2) is 48.2 Å². The molecular formula is C35H63N7O6Si3. The third kappa shape index (κ3) is 8.52. The fourth-order valence-corrected chi connectivity index (χ4v) is 8.61. The van der Waals surface area contributed by atoms with Gasteiger partial charge in [-0.2, -0.15) is 15.1 Å². The second-order valence-corrected chi connectivity index (χ2v) is 32.5. The first kappa shape index (κ1) is 41.3. The number of ether oxygens (including phenoxy) is 2. The molecule has 13 nitrogen and oxygen atoms in total. The first-order valence-corrected chi connectivity index (χ1v) is 26.8. The maximum atomic E-state index is 12.4. The molecule has 0 radical (unpaired) electrons. The summed E-state index contributed by atoms with van der Waals surface area (Å²) in [5.41, 5.74) is 1.40. The van der Waals surface area contributed by atoms with E-state index in [-0.39, 0.29) is 27.7 Å². The Morgan fingerprint density at radius 2 is 1.45 bits per heavy atom. The highest BCUT2D eigenvalue weighted by Gasteiger charge is 2.55. The van der Waals surface area contributed by atoms with Crippen molar-refractivity contribution in [3.63, 3.8) is 0 Å². The SMILES string of the molecule is CCOC(=O)c1cnn(-c2nc(NC)c3ncn([C@@H]4O[C@H](CO[Si](C)(C)C(C)(C)C)[C@@H](O[Si](C)(C)C(C)(C)C)C4O[Si](C)(C)C(C)(C)C)c3n2)c1. The second-order valence-electron chi connectivity index (χ2n) is 18.2. The summed E-state index contributed by atoms with van der Waals surface area (Å²) in [6, 6.07) is 0. The van der Waals surface area contributed by atoms with E-state index in [0.29, 0.717) is 29.2 Å². The van der Waals surface area contributed by atoms with Gasteiger partial charge in [-0.15, -0.1) is 0 Å². The van der Waals surface area contributed by atoms with Gasteiger partial charge in [-0.1, -0.05) is 62.3 Å². The number of rotatable bonds is 12. The Kier molecular flexibility index (Phi) is 11.7. The molecule has 0 saturated carbocycles. The molecule has 0 bridgehead atoms. The summed E-state index contributed by atoms with van der Waals surface area (Å²) in [5.74, 6) is 0.303. The Hall–Kier alpha value is -2.48. The molecule has 1 aliphatic rings. The van der Waals surface area contributed by atoms with E-state index in [1.165, 1.54) is 10.9 Å². The smallest absolute Gasteiger partial charge is 0.341 e. The third-order valence-electron chi connectivity index (χ3n) is 11.4. The van der Waals surface area contributed by atoms with Crippen molar-refractivity contribution in [1.82, 2.24) is 29.3 Å². The summed E-state index contributed by atoms with van der Waals surface area (Å²) in [4.78, 5) is 26.9. The summed E-state index contributed by atoms with van der Waals surface area (Å²) in [6.07, 6.45) is 2.82. The molecule has 286 valence electrons. The fraction of sp³-hybridized carbons (Fsp3) is 0.743. The molecule has 51 heavy (non-hydrogen) atoms. The van der Waals surface area contributed by atoms with Crippen molar-refractivity contribution in [2.75, 3.05) is 25.6 Å². The molecule has 1 N–H and O–H groups in total. The van der Waals surface area contributed by atoms with Crippen LogP contribution in [0.5, 0.6) is 0 Å². The average Bonchev–Trinajstić information content (AvgIpc) is 3.72. The minimum atomic E-state index is -2.38. The van der Waals surface area contributed by atoms with Crippen molar-refractivity contribution in [3.8, 4) is 5.95 Å². The van der Waals surface area contributed by atoms with Gasteiger partial charge in [0.2, 0.25) is 0 Å². The first-order chi connectivity index (χ1) is 23.2. The number of carbonyl (C=O) groups is 1. The summed E-state index contributed by atoms with van der Waals surface area (Å²) in [6.45, 7) is 36.2. The number of carbonyl (C=O) groups excluding carboxylic acids is 1. The second kappa shape index (κ2) is 14.4. The van der Waals surface area contributed by atoms with Gasteiger partial charge in [-0.25, -0.2) is 14.5 Å². The van der Waals surface area contributed by atoms with Crippen LogP contribution >= 0.6 is 0 Å². The number of esters is 1. The highest BCUT2D eigenvalue weighted by Crippen LogP contribution is 2.47. The van der Waals surface area contributed by atoms with Crippen molar-refractivity contribution in [2.45, 2.75) is 148 Å².